The highest BCUT2D eigenvalue weighted by Gasteiger charge is 2.43. The summed E-state index contributed by atoms with van der Waals surface area (Å²) in [5.74, 6) is 1.42. The van der Waals surface area contributed by atoms with Gasteiger partial charge in [0.2, 0.25) is 5.91 Å². The molecule has 2 aromatic heterocycles. The molecule has 0 saturated carbocycles. The summed E-state index contributed by atoms with van der Waals surface area (Å²) in [4.78, 5) is 15.1. The number of amides is 1. The number of nitrogens with zero attached hydrogens (tertiary/aromatic N) is 4. The van der Waals surface area contributed by atoms with E-state index >= 15 is 0 Å². The van der Waals surface area contributed by atoms with Gasteiger partial charge in [0.1, 0.15) is 11.5 Å². The van der Waals surface area contributed by atoms with Crippen LogP contribution in [0, 0.1) is 11.8 Å². The lowest BCUT2D eigenvalue weighted by Crippen LogP contribution is -2.57. The third-order valence-corrected chi connectivity index (χ3v) is 6.24. The van der Waals surface area contributed by atoms with Gasteiger partial charge in [-0.05, 0) is 37.4 Å². The number of nitrogens with one attached hydrogen (secondary N) is 1. The first-order valence-electron chi connectivity index (χ1n) is 10.3. The predicted octanol–water partition coefficient (Wildman–Crippen LogP) is 2.56. The number of rotatable bonds is 6. The molecule has 5 heterocycles. The van der Waals surface area contributed by atoms with Crippen molar-refractivity contribution in [2.45, 2.75) is 32.0 Å². The lowest BCUT2D eigenvalue weighted by molar-refractivity contribution is -0.133. The Morgan fingerprint density at radius 1 is 1.21 bits per heavy atom. The molecule has 150 valence electrons. The average molecular weight is 391 g/mol. The van der Waals surface area contributed by atoms with E-state index in [1.54, 1.807) is 6.26 Å². The van der Waals surface area contributed by atoms with E-state index in [-0.39, 0.29) is 11.8 Å². The molecule has 3 aliphatic rings. The van der Waals surface area contributed by atoms with Crippen LogP contribution in [0.2, 0.25) is 0 Å². The maximum Gasteiger partial charge on any atom is 0.225 e. The summed E-state index contributed by atoms with van der Waals surface area (Å²) in [6, 6.07) is 14.3. The van der Waals surface area contributed by atoms with E-state index in [2.05, 4.69) is 20.5 Å². The minimum atomic E-state index is 0.0607. The van der Waals surface area contributed by atoms with Gasteiger partial charge in [-0.25, -0.2) is 0 Å². The van der Waals surface area contributed by atoms with Crippen LogP contribution in [0.4, 0.5) is 0 Å². The van der Waals surface area contributed by atoms with Crippen LogP contribution < -0.4 is 5.32 Å². The van der Waals surface area contributed by atoms with E-state index in [1.165, 1.54) is 0 Å². The highest BCUT2D eigenvalue weighted by Crippen LogP contribution is 2.37. The number of piperidine rings is 3. The normalized spacial score (nSPS) is 25.8. The molecule has 1 aromatic carbocycles. The molecule has 6 rings (SSSR count). The van der Waals surface area contributed by atoms with Gasteiger partial charge < -0.3 is 9.73 Å². The molecular weight excluding hydrogens is 366 g/mol. The van der Waals surface area contributed by atoms with Crippen LogP contribution >= 0.6 is 0 Å². The largest absolute Gasteiger partial charge is 0.467 e. The maximum absolute atomic E-state index is 12.7. The first-order chi connectivity index (χ1) is 14.3. The second kappa shape index (κ2) is 7.83. The van der Waals surface area contributed by atoms with Gasteiger partial charge in [0.05, 0.1) is 31.5 Å². The highest BCUT2D eigenvalue weighted by molar-refractivity contribution is 5.79. The number of carbonyl (C=O) groups is 1. The fraction of sp³-hybridized carbons (Fsp3) is 0.409. The standard InChI is InChI=1S/C22H25N5O2/c28-22(23-12-19-7-4-10-29-19)20-14-26-9-8-17(20)11-18(26)13-27-15-21(24-25-27)16-5-2-1-3-6-16/h1-7,10,15,17-18,20H,8-9,11-14H2,(H,23,28)/t17-,18-,20+/m1/s1. The Labute approximate surface area is 169 Å². The quantitative estimate of drug-likeness (QED) is 0.699. The van der Waals surface area contributed by atoms with Gasteiger partial charge in [-0.2, -0.15) is 0 Å². The minimum absolute atomic E-state index is 0.0607. The van der Waals surface area contributed by atoms with Crippen LogP contribution in [0.25, 0.3) is 11.3 Å². The lowest BCUT2D eigenvalue weighted by Gasteiger charge is -2.49. The Bertz CT molecular complexity index is 953. The number of hydrogen-bond acceptors (Lipinski definition) is 5. The Morgan fingerprint density at radius 2 is 2.10 bits per heavy atom. The molecule has 0 spiro atoms. The van der Waals surface area contributed by atoms with Crippen LogP contribution in [0.15, 0.2) is 59.3 Å². The van der Waals surface area contributed by atoms with E-state index in [4.69, 9.17) is 4.42 Å². The molecule has 7 nitrogen and oxygen atoms in total. The molecule has 3 saturated heterocycles. The molecule has 1 amide bonds. The molecule has 7 heteroatoms. The molecule has 29 heavy (non-hydrogen) atoms. The zero-order chi connectivity index (χ0) is 19.6. The van der Waals surface area contributed by atoms with Crippen LogP contribution in [-0.4, -0.2) is 44.9 Å². The van der Waals surface area contributed by atoms with Crippen molar-refractivity contribution < 1.29 is 9.21 Å². The van der Waals surface area contributed by atoms with E-state index in [9.17, 15) is 4.79 Å². The van der Waals surface area contributed by atoms with Crippen LogP contribution in [0.1, 0.15) is 18.6 Å². The first kappa shape index (κ1) is 18.1. The summed E-state index contributed by atoms with van der Waals surface area (Å²) in [7, 11) is 0. The third-order valence-electron chi connectivity index (χ3n) is 6.24. The summed E-state index contributed by atoms with van der Waals surface area (Å²) in [6.07, 6.45) is 5.77. The van der Waals surface area contributed by atoms with Gasteiger partial charge in [0.15, 0.2) is 0 Å². The van der Waals surface area contributed by atoms with Gasteiger partial charge in [-0.15, -0.1) is 5.10 Å². The van der Waals surface area contributed by atoms with Crippen molar-refractivity contribution >= 4 is 5.91 Å². The van der Waals surface area contributed by atoms with Crippen LogP contribution in [0.5, 0.6) is 0 Å². The van der Waals surface area contributed by atoms with Gasteiger partial charge >= 0.3 is 0 Å². The van der Waals surface area contributed by atoms with Crippen molar-refractivity contribution in [3.63, 3.8) is 0 Å². The minimum Gasteiger partial charge on any atom is -0.467 e. The molecule has 1 unspecified atom stereocenters. The molecule has 0 radical (unpaired) electrons. The number of fused-ring (bicyclic) bond motifs is 3. The smallest absolute Gasteiger partial charge is 0.225 e. The monoisotopic (exact) mass is 391 g/mol. The first-order valence-corrected chi connectivity index (χ1v) is 10.3. The van der Waals surface area contributed by atoms with E-state index in [1.807, 2.05) is 53.3 Å². The molecule has 3 aliphatic heterocycles. The highest BCUT2D eigenvalue weighted by atomic mass is 16.3. The van der Waals surface area contributed by atoms with Gasteiger partial charge in [0.25, 0.3) is 0 Å². The maximum atomic E-state index is 12.7. The van der Waals surface area contributed by atoms with E-state index in [0.29, 0.717) is 18.5 Å². The summed E-state index contributed by atoms with van der Waals surface area (Å²) in [5.41, 5.74) is 1.98. The third kappa shape index (κ3) is 3.82. The zero-order valence-corrected chi connectivity index (χ0v) is 16.3. The number of carbonyl (C=O) groups excluding carboxylic acids is 1. The van der Waals surface area contributed by atoms with Crippen molar-refractivity contribution in [2.75, 3.05) is 13.1 Å². The van der Waals surface area contributed by atoms with E-state index in [0.717, 1.165) is 49.5 Å². The Kier molecular flexibility index (Phi) is 4.89. The molecule has 4 atom stereocenters. The Balaban J connectivity index is 1.19. The number of furan rings is 1. The van der Waals surface area contributed by atoms with Gasteiger partial charge in [-0.3, -0.25) is 14.4 Å². The molecule has 1 N–H and O–H groups in total. The van der Waals surface area contributed by atoms with Crippen molar-refractivity contribution in [2.24, 2.45) is 11.8 Å². The number of hydrogen-bond donors (Lipinski definition) is 1. The molecule has 3 fully saturated rings. The zero-order valence-electron chi connectivity index (χ0n) is 16.3. The molecule has 2 bridgehead atoms. The van der Waals surface area contributed by atoms with Crippen molar-refractivity contribution in [3.05, 3.63) is 60.7 Å². The van der Waals surface area contributed by atoms with Crippen molar-refractivity contribution in [3.8, 4) is 11.3 Å². The Hall–Kier alpha value is -2.93. The lowest BCUT2D eigenvalue weighted by atomic mass is 9.75. The number of aromatic nitrogens is 3. The summed E-state index contributed by atoms with van der Waals surface area (Å²) in [5, 5.41) is 11.7. The Morgan fingerprint density at radius 3 is 2.86 bits per heavy atom. The average Bonchev–Trinajstić information content (AvgIpc) is 3.45. The van der Waals surface area contributed by atoms with Crippen molar-refractivity contribution in [1.82, 2.24) is 25.2 Å². The topological polar surface area (TPSA) is 76.2 Å². The van der Waals surface area contributed by atoms with Crippen molar-refractivity contribution in [1.29, 1.82) is 0 Å². The second-order valence-corrected chi connectivity index (χ2v) is 8.03. The fourth-order valence-electron chi connectivity index (χ4n) is 4.69. The fourth-order valence-corrected chi connectivity index (χ4v) is 4.69. The second-order valence-electron chi connectivity index (χ2n) is 8.03. The number of benzene rings is 1. The van der Waals surface area contributed by atoms with E-state index < -0.39 is 0 Å². The van der Waals surface area contributed by atoms with Crippen LogP contribution in [0.3, 0.4) is 0 Å². The SMILES string of the molecule is O=C(NCc1ccco1)[C@H]1CN2CC[C@@H]1C[C@@H]2Cn1cc(-c2ccccc2)nn1. The molecular formula is C22H25N5O2. The predicted molar refractivity (Wildman–Crippen MR) is 108 cm³/mol. The molecule has 3 aromatic rings. The van der Waals surface area contributed by atoms with Crippen LogP contribution in [-0.2, 0) is 17.9 Å². The summed E-state index contributed by atoms with van der Waals surface area (Å²) >= 11 is 0. The molecule has 0 aliphatic carbocycles. The summed E-state index contributed by atoms with van der Waals surface area (Å²) in [6.45, 7) is 3.15. The van der Waals surface area contributed by atoms with Gasteiger partial charge in [-0.1, -0.05) is 35.5 Å². The summed E-state index contributed by atoms with van der Waals surface area (Å²) < 4.78 is 7.25. The van der Waals surface area contributed by atoms with Gasteiger partial charge in [0, 0.05) is 18.2 Å².